The Labute approximate surface area is 113 Å². The summed E-state index contributed by atoms with van der Waals surface area (Å²) in [6, 6.07) is 5.99. The summed E-state index contributed by atoms with van der Waals surface area (Å²) in [5.74, 6) is 1.56. The second-order valence-electron chi connectivity index (χ2n) is 4.69. The predicted molar refractivity (Wildman–Crippen MR) is 79.1 cm³/mol. The van der Waals surface area contributed by atoms with Gasteiger partial charge in [0.25, 0.3) is 0 Å². The van der Waals surface area contributed by atoms with Crippen LogP contribution in [-0.4, -0.2) is 12.1 Å². The van der Waals surface area contributed by atoms with Crippen molar-refractivity contribution in [2.75, 3.05) is 18.2 Å². The topological polar surface area (TPSA) is 60.2 Å². The molecule has 1 heterocycles. The normalized spacial score (nSPS) is 10.3. The molecule has 4 nitrogen and oxygen atoms in total. The molecular weight excluding hydrogens is 238 g/mol. The van der Waals surface area contributed by atoms with Crippen LogP contribution in [0, 0.1) is 20.8 Å². The number of benzene rings is 1. The lowest BCUT2D eigenvalue weighted by molar-refractivity contribution is 0.416. The molecular formula is C15H19N3O. The van der Waals surface area contributed by atoms with Crippen molar-refractivity contribution in [1.82, 2.24) is 4.98 Å². The number of hydrogen-bond donors (Lipinski definition) is 2. The van der Waals surface area contributed by atoms with Crippen molar-refractivity contribution in [2.45, 2.75) is 20.8 Å². The van der Waals surface area contributed by atoms with Crippen LogP contribution >= 0.6 is 0 Å². The van der Waals surface area contributed by atoms with Crippen LogP contribution in [0.3, 0.4) is 0 Å². The van der Waals surface area contributed by atoms with Gasteiger partial charge in [0, 0.05) is 0 Å². The highest BCUT2D eigenvalue weighted by Crippen LogP contribution is 2.30. The Hall–Kier alpha value is -2.23. The summed E-state index contributed by atoms with van der Waals surface area (Å²) in [5, 5.41) is 3.27. The molecule has 0 amide bonds. The zero-order valence-electron chi connectivity index (χ0n) is 11.7. The maximum absolute atomic E-state index is 5.77. The number of nitrogens with one attached hydrogen (secondary N) is 1. The summed E-state index contributed by atoms with van der Waals surface area (Å²) in [5.41, 5.74) is 10.8. The standard InChI is InChI=1S/C15H19N3O/c1-9-5-13(14(19-4)6-10(9)2)18-15-7-11(3)12(16)8-17-15/h5-8H,16H2,1-4H3,(H,17,18). The van der Waals surface area contributed by atoms with Crippen molar-refractivity contribution >= 4 is 17.2 Å². The number of aromatic nitrogens is 1. The van der Waals surface area contributed by atoms with Crippen LogP contribution in [0.5, 0.6) is 5.75 Å². The van der Waals surface area contributed by atoms with Gasteiger partial charge in [0.2, 0.25) is 0 Å². The van der Waals surface area contributed by atoms with Crippen LogP contribution in [0.25, 0.3) is 0 Å². The fourth-order valence-electron chi connectivity index (χ4n) is 1.83. The lowest BCUT2D eigenvalue weighted by Gasteiger charge is -2.14. The highest BCUT2D eigenvalue weighted by Gasteiger charge is 2.07. The number of anilines is 3. The Balaban J connectivity index is 2.37. The summed E-state index contributed by atoms with van der Waals surface area (Å²) < 4.78 is 5.39. The van der Waals surface area contributed by atoms with Crippen LogP contribution in [0.15, 0.2) is 24.4 Å². The molecule has 100 valence electrons. The van der Waals surface area contributed by atoms with E-state index in [0.29, 0.717) is 5.69 Å². The van der Waals surface area contributed by atoms with Crippen molar-refractivity contribution in [3.63, 3.8) is 0 Å². The average Bonchev–Trinajstić information content (AvgIpc) is 2.38. The fraction of sp³-hybridized carbons (Fsp3) is 0.267. The highest BCUT2D eigenvalue weighted by atomic mass is 16.5. The van der Waals surface area contributed by atoms with E-state index in [1.54, 1.807) is 13.3 Å². The molecule has 0 unspecified atom stereocenters. The molecule has 0 atom stereocenters. The van der Waals surface area contributed by atoms with Gasteiger partial charge in [0.15, 0.2) is 0 Å². The van der Waals surface area contributed by atoms with Gasteiger partial charge in [0.05, 0.1) is 24.7 Å². The Morgan fingerprint density at radius 2 is 1.74 bits per heavy atom. The number of rotatable bonds is 3. The van der Waals surface area contributed by atoms with E-state index in [0.717, 1.165) is 22.8 Å². The second-order valence-corrected chi connectivity index (χ2v) is 4.69. The third kappa shape index (κ3) is 2.78. The third-order valence-electron chi connectivity index (χ3n) is 3.23. The second kappa shape index (κ2) is 5.18. The van der Waals surface area contributed by atoms with Gasteiger partial charge in [-0.3, -0.25) is 0 Å². The van der Waals surface area contributed by atoms with E-state index in [1.807, 2.05) is 19.1 Å². The maximum atomic E-state index is 5.77. The minimum absolute atomic E-state index is 0.692. The predicted octanol–water partition coefficient (Wildman–Crippen LogP) is 3.34. The van der Waals surface area contributed by atoms with E-state index >= 15 is 0 Å². The number of nitrogens with two attached hydrogens (primary N) is 1. The first kappa shape index (κ1) is 13.2. The summed E-state index contributed by atoms with van der Waals surface area (Å²) in [4.78, 5) is 4.27. The number of methoxy groups -OCH3 is 1. The lowest BCUT2D eigenvalue weighted by atomic mass is 10.1. The zero-order chi connectivity index (χ0) is 14.0. The Bertz CT molecular complexity index is 609. The molecule has 4 heteroatoms. The van der Waals surface area contributed by atoms with Gasteiger partial charge in [0.1, 0.15) is 11.6 Å². The largest absolute Gasteiger partial charge is 0.495 e. The summed E-state index contributed by atoms with van der Waals surface area (Å²) >= 11 is 0. The molecule has 0 aliphatic heterocycles. The van der Waals surface area contributed by atoms with Crippen molar-refractivity contribution < 1.29 is 4.74 Å². The molecule has 0 saturated carbocycles. The van der Waals surface area contributed by atoms with E-state index in [2.05, 4.69) is 30.2 Å². The molecule has 0 aliphatic carbocycles. The molecule has 1 aromatic carbocycles. The first-order valence-corrected chi connectivity index (χ1v) is 6.15. The van der Waals surface area contributed by atoms with Crippen molar-refractivity contribution in [2.24, 2.45) is 0 Å². The van der Waals surface area contributed by atoms with Crippen molar-refractivity contribution in [1.29, 1.82) is 0 Å². The molecule has 2 rings (SSSR count). The average molecular weight is 257 g/mol. The van der Waals surface area contributed by atoms with Crippen LogP contribution in [-0.2, 0) is 0 Å². The monoisotopic (exact) mass is 257 g/mol. The summed E-state index contributed by atoms with van der Waals surface area (Å²) in [6.45, 7) is 6.09. The van der Waals surface area contributed by atoms with Crippen LogP contribution < -0.4 is 15.8 Å². The van der Waals surface area contributed by atoms with Gasteiger partial charge in [-0.15, -0.1) is 0 Å². The van der Waals surface area contributed by atoms with Crippen LogP contribution in [0.1, 0.15) is 16.7 Å². The quantitative estimate of drug-likeness (QED) is 0.885. The Morgan fingerprint density at radius 1 is 1.05 bits per heavy atom. The van der Waals surface area contributed by atoms with E-state index in [-0.39, 0.29) is 0 Å². The summed E-state index contributed by atoms with van der Waals surface area (Å²) in [6.07, 6.45) is 1.66. The summed E-state index contributed by atoms with van der Waals surface area (Å²) in [7, 11) is 1.66. The Morgan fingerprint density at radius 3 is 2.37 bits per heavy atom. The number of nitrogens with zero attached hydrogens (tertiary/aromatic N) is 1. The fourth-order valence-corrected chi connectivity index (χ4v) is 1.83. The molecule has 0 radical (unpaired) electrons. The molecule has 0 aliphatic rings. The molecule has 3 N–H and O–H groups in total. The van der Waals surface area contributed by atoms with Gasteiger partial charge in [-0.1, -0.05) is 0 Å². The van der Waals surface area contributed by atoms with Crippen LogP contribution in [0.4, 0.5) is 17.2 Å². The minimum atomic E-state index is 0.692. The van der Waals surface area contributed by atoms with E-state index < -0.39 is 0 Å². The lowest BCUT2D eigenvalue weighted by Crippen LogP contribution is -2.00. The smallest absolute Gasteiger partial charge is 0.142 e. The molecule has 0 spiro atoms. The third-order valence-corrected chi connectivity index (χ3v) is 3.23. The maximum Gasteiger partial charge on any atom is 0.142 e. The van der Waals surface area contributed by atoms with E-state index in [1.165, 1.54) is 11.1 Å². The SMILES string of the molecule is COc1cc(C)c(C)cc1Nc1cc(C)c(N)cn1. The Kier molecular flexibility index (Phi) is 3.60. The van der Waals surface area contributed by atoms with Crippen molar-refractivity contribution in [3.8, 4) is 5.75 Å². The first-order valence-electron chi connectivity index (χ1n) is 6.15. The van der Waals surface area contributed by atoms with Gasteiger partial charge in [-0.25, -0.2) is 4.98 Å². The van der Waals surface area contributed by atoms with E-state index in [9.17, 15) is 0 Å². The number of hydrogen-bond acceptors (Lipinski definition) is 4. The highest BCUT2D eigenvalue weighted by molar-refractivity contribution is 5.67. The van der Waals surface area contributed by atoms with Gasteiger partial charge in [-0.2, -0.15) is 0 Å². The van der Waals surface area contributed by atoms with Crippen molar-refractivity contribution in [3.05, 3.63) is 41.1 Å². The zero-order valence-corrected chi connectivity index (χ0v) is 11.7. The number of nitrogen functional groups attached to an aromatic ring is 1. The molecule has 19 heavy (non-hydrogen) atoms. The van der Waals surface area contributed by atoms with Gasteiger partial charge >= 0.3 is 0 Å². The van der Waals surface area contributed by atoms with Gasteiger partial charge in [-0.05, 0) is 55.7 Å². The number of ether oxygens (including phenoxy) is 1. The minimum Gasteiger partial charge on any atom is -0.495 e. The van der Waals surface area contributed by atoms with Gasteiger partial charge < -0.3 is 15.8 Å². The molecule has 0 bridgehead atoms. The van der Waals surface area contributed by atoms with Crippen LogP contribution in [0.2, 0.25) is 0 Å². The van der Waals surface area contributed by atoms with E-state index in [4.69, 9.17) is 10.5 Å². The molecule has 0 fully saturated rings. The molecule has 1 aromatic heterocycles. The molecule has 2 aromatic rings. The molecule has 0 saturated heterocycles. The first-order chi connectivity index (χ1) is 9.01. The number of aryl methyl sites for hydroxylation is 3. The number of pyridine rings is 1.